The zero-order chi connectivity index (χ0) is 21.0. The highest BCUT2D eigenvalue weighted by molar-refractivity contribution is 5.91. The van der Waals surface area contributed by atoms with Crippen LogP contribution in [0, 0.1) is 0 Å². The van der Waals surface area contributed by atoms with Gasteiger partial charge in [0, 0.05) is 18.0 Å². The van der Waals surface area contributed by atoms with Crippen LogP contribution in [0.15, 0.2) is 33.5 Å². The fourth-order valence-corrected chi connectivity index (χ4v) is 3.46. The third-order valence-electron chi connectivity index (χ3n) is 4.98. The lowest BCUT2D eigenvalue weighted by Gasteiger charge is -2.30. The number of likely N-dealkylation sites (N-methyl/N-ethyl adjacent to an activating group) is 1. The fraction of sp³-hybridized carbons (Fsp3) is 0.522. The molecule has 0 saturated carbocycles. The Bertz CT molecular complexity index is 931. The summed E-state index contributed by atoms with van der Waals surface area (Å²) in [5, 5.41) is 11.2. The topological polar surface area (TPSA) is 72.1 Å². The first-order chi connectivity index (χ1) is 13.8. The van der Waals surface area contributed by atoms with Crippen molar-refractivity contribution in [3.8, 4) is 11.5 Å². The summed E-state index contributed by atoms with van der Waals surface area (Å²) >= 11 is 0. The first-order valence-electron chi connectivity index (χ1n) is 10.3. The zero-order valence-electron chi connectivity index (χ0n) is 17.7. The predicted octanol–water partition coefficient (Wildman–Crippen LogP) is 3.84. The highest BCUT2D eigenvalue weighted by Crippen LogP contribution is 2.43. The van der Waals surface area contributed by atoms with Gasteiger partial charge in [-0.25, -0.2) is 4.79 Å². The van der Waals surface area contributed by atoms with Crippen LogP contribution >= 0.6 is 0 Å². The van der Waals surface area contributed by atoms with Gasteiger partial charge in [0.15, 0.2) is 11.5 Å². The predicted molar refractivity (Wildman–Crippen MR) is 115 cm³/mol. The summed E-state index contributed by atoms with van der Waals surface area (Å²) in [6.07, 6.45) is 6.70. The molecular formula is C23H31NO5. The molecule has 1 aromatic heterocycles. The van der Waals surface area contributed by atoms with E-state index in [1.807, 2.05) is 33.0 Å². The van der Waals surface area contributed by atoms with Crippen LogP contribution in [-0.4, -0.2) is 48.5 Å². The van der Waals surface area contributed by atoms with Crippen molar-refractivity contribution in [2.75, 3.05) is 26.7 Å². The van der Waals surface area contributed by atoms with Crippen LogP contribution in [0.2, 0.25) is 0 Å². The van der Waals surface area contributed by atoms with Crippen molar-refractivity contribution in [3.05, 3.63) is 40.3 Å². The van der Waals surface area contributed by atoms with Crippen molar-refractivity contribution in [1.29, 1.82) is 0 Å². The summed E-state index contributed by atoms with van der Waals surface area (Å²) in [4.78, 5) is 13.8. The second-order valence-electron chi connectivity index (χ2n) is 8.26. The molecule has 0 spiro atoms. The second-order valence-corrected chi connectivity index (χ2v) is 8.26. The molecule has 2 aromatic rings. The van der Waals surface area contributed by atoms with Gasteiger partial charge in [-0.15, -0.1) is 0 Å². The highest BCUT2D eigenvalue weighted by Gasteiger charge is 2.28. The molecule has 1 atom stereocenters. The largest absolute Gasteiger partial charge is 0.487 e. The molecule has 0 bridgehead atoms. The molecule has 3 rings (SSSR count). The molecule has 0 fully saturated rings. The van der Waals surface area contributed by atoms with Crippen molar-refractivity contribution in [1.82, 2.24) is 4.90 Å². The molecule has 0 amide bonds. The molecule has 0 radical (unpaired) electrons. The van der Waals surface area contributed by atoms with Gasteiger partial charge in [0.2, 0.25) is 0 Å². The van der Waals surface area contributed by atoms with E-state index in [0.717, 1.165) is 18.4 Å². The summed E-state index contributed by atoms with van der Waals surface area (Å²) in [7, 11) is 2.01. The Balaban J connectivity index is 1.78. The number of nitrogens with zero attached hydrogens (tertiary/aromatic N) is 1. The molecule has 1 aliphatic heterocycles. The van der Waals surface area contributed by atoms with Gasteiger partial charge in [-0.1, -0.05) is 19.8 Å². The molecule has 6 nitrogen and oxygen atoms in total. The third kappa shape index (κ3) is 5.40. The van der Waals surface area contributed by atoms with E-state index in [4.69, 9.17) is 13.9 Å². The van der Waals surface area contributed by atoms with Gasteiger partial charge in [-0.2, -0.15) is 0 Å². The molecule has 1 aromatic carbocycles. The molecule has 29 heavy (non-hydrogen) atoms. The van der Waals surface area contributed by atoms with Gasteiger partial charge in [-0.05, 0) is 58.1 Å². The van der Waals surface area contributed by atoms with Gasteiger partial charge < -0.3 is 23.9 Å². The Hall–Kier alpha value is -2.31. The number of benzene rings is 1. The lowest BCUT2D eigenvalue weighted by atomic mass is 10.00. The molecule has 158 valence electrons. The van der Waals surface area contributed by atoms with Crippen molar-refractivity contribution >= 4 is 17.0 Å². The van der Waals surface area contributed by atoms with Crippen LogP contribution in [0.25, 0.3) is 17.0 Å². The van der Waals surface area contributed by atoms with Gasteiger partial charge >= 0.3 is 5.63 Å². The van der Waals surface area contributed by atoms with Gasteiger partial charge in [-0.3, -0.25) is 0 Å². The minimum atomic E-state index is -0.617. The van der Waals surface area contributed by atoms with Gasteiger partial charge in [0.05, 0.1) is 5.56 Å². The maximum absolute atomic E-state index is 11.7. The fourth-order valence-electron chi connectivity index (χ4n) is 3.46. The zero-order valence-corrected chi connectivity index (χ0v) is 17.7. The standard InChI is InChI=1S/C23H31NO5/c1-5-6-7-12-24(4)14-17(25)15-27-19-13-16-8-9-20(26)28-21(16)18-10-11-23(2,3)29-22(18)19/h8-11,13,17,25H,5-7,12,14-15H2,1-4H3. The summed E-state index contributed by atoms with van der Waals surface area (Å²) in [6.45, 7) is 7.72. The Kier molecular flexibility index (Phi) is 6.65. The van der Waals surface area contributed by atoms with E-state index in [-0.39, 0.29) is 6.61 Å². The van der Waals surface area contributed by atoms with Crippen LogP contribution in [0.5, 0.6) is 11.5 Å². The van der Waals surface area contributed by atoms with Crippen LogP contribution in [-0.2, 0) is 0 Å². The van der Waals surface area contributed by atoms with Crippen LogP contribution in [0.3, 0.4) is 0 Å². The monoisotopic (exact) mass is 401 g/mol. The Labute approximate surface area is 171 Å². The van der Waals surface area contributed by atoms with Crippen molar-refractivity contribution in [2.24, 2.45) is 0 Å². The SMILES string of the molecule is CCCCCN(C)CC(O)COc1cc2ccc(=O)oc2c2c1OC(C)(C)C=C2. The normalized spacial score (nSPS) is 15.9. The van der Waals surface area contributed by atoms with Crippen LogP contribution in [0.4, 0.5) is 0 Å². The number of ether oxygens (including phenoxy) is 2. The smallest absolute Gasteiger partial charge is 0.336 e. The first-order valence-corrected chi connectivity index (χ1v) is 10.3. The van der Waals surface area contributed by atoms with E-state index in [1.165, 1.54) is 18.9 Å². The number of aliphatic hydroxyl groups is 1. The van der Waals surface area contributed by atoms with Crippen molar-refractivity contribution < 1.29 is 19.0 Å². The average Bonchev–Trinajstić information content (AvgIpc) is 2.65. The van der Waals surface area contributed by atoms with Crippen LogP contribution in [0.1, 0.15) is 45.6 Å². The van der Waals surface area contributed by atoms with Crippen LogP contribution < -0.4 is 15.1 Å². The van der Waals surface area contributed by atoms with Crippen molar-refractivity contribution in [3.63, 3.8) is 0 Å². The molecule has 0 aliphatic carbocycles. The minimum Gasteiger partial charge on any atom is -0.487 e. The average molecular weight is 402 g/mol. The number of aliphatic hydroxyl groups excluding tert-OH is 1. The first kappa shape index (κ1) is 21.4. The number of rotatable bonds is 9. The van der Waals surface area contributed by atoms with E-state index < -0.39 is 17.3 Å². The summed E-state index contributed by atoms with van der Waals surface area (Å²) in [5.74, 6) is 1.06. The number of unbranched alkanes of at least 4 members (excludes halogenated alkanes) is 2. The molecule has 1 aliphatic rings. The third-order valence-corrected chi connectivity index (χ3v) is 4.98. The Morgan fingerprint density at radius 2 is 2.07 bits per heavy atom. The maximum Gasteiger partial charge on any atom is 0.336 e. The Morgan fingerprint density at radius 3 is 2.83 bits per heavy atom. The quantitative estimate of drug-likeness (QED) is 0.508. The van der Waals surface area contributed by atoms with Gasteiger partial charge in [0.1, 0.15) is 23.9 Å². The molecule has 2 heterocycles. The highest BCUT2D eigenvalue weighted by atomic mass is 16.5. The molecule has 1 N–H and O–H groups in total. The molecule has 6 heteroatoms. The van der Waals surface area contributed by atoms with Crippen molar-refractivity contribution in [2.45, 2.75) is 51.7 Å². The molecular weight excluding hydrogens is 370 g/mol. The Morgan fingerprint density at radius 1 is 1.28 bits per heavy atom. The molecule has 0 saturated heterocycles. The molecule has 1 unspecified atom stereocenters. The maximum atomic E-state index is 11.7. The van der Waals surface area contributed by atoms with E-state index >= 15 is 0 Å². The number of fused-ring (bicyclic) bond motifs is 3. The minimum absolute atomic E-state index is 0.153. The summed E-state index contributed by atoms with van der Waals surface area (Å²) in [5.41, 5.74) is 0.239. The summed E-state index contributed by atoms with van der Waals surface area (Å²) in [6, 6.07) is 4.89. The second kappa shape index (κ2) is 9.01. The number of hydrogen-bond acceptors (Lipinski definition) is 6. The van der Waals surface area contributed by atoms with E-state index in [2.05, 4.69) is 11.8 Å². The van der Waals surface area contributed by atoms with E-state index in [1.54, 1.807) is 12.1 Å². The summed E-state index contributed by atoms with van der Waals surface area (Å²) < 4.78 is 17.5. The lowest BCUT2D eigenvalue weighted by Crippen LogP contribution is -2.34. The van der Waals surface area contributed by atoms with Gasteiger partial charge in [0.25, 0.3) is 0 Å². The number of hydrogen-bond donors (Lipinski definition) is 1. The van der Waals surface area contributed by atoms with E-state index in [9.17, 15) is 9.90 Å². The lowest BCUT2D eigenvalue weighted by molar-refractivity contribution is 0.0719. The van der Waals surface area contributed by atoms with E-state index in [0.29, 0.717) is 29.2 Å².